The van der Waals surface area contributed by atoms with E-state index in [9.17, 15) is 9.59 Å². The maximum absolute atomic E-state index is 12.5. The number of aromatic nitrogens is 3. The van der Waals surface area contributed by atoms with E-state index in [1.54, 1.807) is 25.6 Å². The molecule has 0 bridgehead atoms. The Morgan fingerprint density at radius 1 is 1.33 bits per heavy atom. The molecule has 1 saturated heterocycles. The number of carbonyl (C=O) groups is 2. The minimum atomic E-state index is -0.509. The molecule has 2 heterocycles. The number of piperidine rings is 1. The molecule has 1 fully saturated rings. The summed E-state index contributed by atoms with van der Waals surface area (Å²) in [6.07, 6.45) is 2.76. The van der Waals surface area contributed by atoms with Gasteiger partial charge in [-0.15, -0.1) is 5.10 Å². The van der Waals surface area contributed by atoms with Gasteiger partial charge in [-0.25, -0.2) is 9.48 Å². The maximum Gasteiger partial charge on any atom is 0.361 e. The molecule has 1 aromatic carbocycles. The first-order chi connectivity index (χ1) is 14.5. The van der Waals surface area contributed by atoms with Crippen LogP contribution in [0.2, 0.25) is 0 Å². The molecule has 8 nitrogen and oxygen atoms in total. The van der Waals surface area contributed by atoms with Crippen molar-refractivity contribution in [1.29, 1.82) is 0 Å². The summed E-state index contributed by atoms with van der Waals surface area (Å²) in [6, 6.07) is 7.64. The Kier molecular flexibility index (Phi) is 7.64. The monoisotopic (exact) mass is 430 g/mol. The second kappa shape index (κ2) is 10.4. The topological polar surface area (TPSA) is 95.3 Å². The average Bonchev–Trinajstić information content (AvgIpc) is 3.12. The van der Waals surface area contributed by atoms with Crippen molar-refractivity contribution in [3.8, 4) is 5.75 Å². The van der Waals surface area contributed by atoms with E-state index in [0.29, 0.717) is 18.8 Å². The van der Waals surface area contributed by atoms with Crippen molar-refractivity contribution in [2.24, 2.45) is 0 Å². The molecule has 1 aromatic heterocycles. The molecule has 0 amide bonds. The zero-order valence-electron chi connectivity index (χ0n) is 17.4. The number of rotatable bonds is 7. The highest BCUT2D eigenvalue weighted by molar-refractivity contribution is 8.14. The van der Waals surface area contributed by atoms with Gasteiger partial charge in [0.15, 0.2) is 10.8 Å². The highest BCUT2D eigenvalue weighted by Gasteiger charge is 2.25. The second-order valence-corrected chi connectivity index (χ2v) is 8.21. The lowest BCUT2D eigenvalue weighted by atomic mass is 10.0. The summed E-state index contributed by atoms with van der Waals surface area (Å²) >= 11 is 1.32. The van der Waals surface area contributed by atoms with Gasteiger partial charge in [-0.2, -0.15) is 0 Å². The highest BCUT2D eigenvalue weighted by Crippen LogP contribution is 2.28. The molecule has 1 atom stereocenters. The van der Waals surface area contributed by atoms with E-state index >= 15 is 0 Å². The fourth-order valence-electron chi connectivity index (χ4n) is 3.25. The summed E-state index contributed by atoms with van der Waals surface area (Å²) in [6.45, 7) is 5.50. The standard InChI is InChI=1S/C21H26N4O4S/c1-4-29-21(27)20-18(11-16-12-22-10-9-19(16)30-14(2)26)25(24-23-20)13-15-5-7-17(28-3)8-6-15/h5-8,11,19,22H,4,9-10,12-13H2,1-3H3. The van der Waals surface area contributed by atoms with Gasteiger partial charge in [0.25, 0.3) is 0 Å². The fraction of sp³-hybridized carbons (Fsp3) is 0.429. The Bertz CT molecular complexity index is 924. The van der Waals surface area contributed by atoms with E-state index in [1.165, 1.54) is 11.8 Å². The van der Waals surface area contributed by atoms with Gasteiger partial charge in [0.05, 0.1) is 26.0 Å². The van der Waals surface area contributed by atoms with Gasteiger partial charge in [-0.3, -0.25) is 4.79 Å². The minimum absolute atomic E-state index is 0.0585. The average molecular weight is 431 g/mol. The first kappa shape index (κ1) is 22.0. The number of esters is 1. The molecule has 0 spiro atoms. The summed E-state index contributed by atoms with van der Waals surface area (Å²) < 4.78 is 12.1. The molecule has 160 valence electrons. The zero-order chi connectivity index (χ0) is 21.5. The maximum atomic E-state index is 12.5. The molecule has 3 rings (SSSR count). The number of carbonyl (C=O) groups excluding carboxylic acids is 2. The first-order valence-corrected chi connectivity index (χ1v) is 10.7. The van der Waals surface area contributed by atoms with Crippen LogP contribution in [0.5, 0.6) is 5.75 Å². The highest BCUT2D eigenvalue weighted by atomic mass is 32.2. The molecule has 2 aromatic rings. The molecule has 9 heteroatoms. The van der Waals surface area contributed by atoms with Crippen LogP contribution in [0.1, 0.15) is 42.0 Å². The van der Waals surface area contributed by atoms with Gasteiger partial charge in [-0.1, -0.05) is 29.1 Å². The smallest absolute Gasteiger partial charge is 0.361 e. The molecule has 1 aliphatic heterocycles. The molecular weight excluding hydrogens is 404 g/mol. The Morgan fingerprint density at radius 2 is 2.10 bits per heavy atom. The summed E-state index contributed by atoms with van der Waals surface area (Å²) in [4.78, 5) is 24.1. The van der Waals surface area contributed by atoms with Crippen molar-refractivity contribution in [3.05, 3.63) is 46.8 Å². The van der Waals surface area contributed by atoms with Crippen LogP contribution in [0.15, 0.2) is 29.8 Å². The van der Waals surface area contributed by atoms with Crippen LogP contribution >= 0.6 is 11.8 Å². The SMILES string of the molecule is CCOC(=O)c1nnn(Cc2ccc(OC)cc2)c1C=C1CNCCC1SC(C)=O. The summed E-state index contributed by atoms with van der Waals surface area (Å²) in [7, 11) is 1.62. The van der Waals surface area contributed by atoms with E-state index in [-0.39, 0.29) is 22.7 Å². The van der Waals surface area contributed by atoms with Crippen LogP contribution in [-0.4, -0.2) is 58.1 Å². The lowest BCUT2D eigenvalue weighted by Crippen LogP contribution is -2.32. The van der Waals surface area contributed by atoms with E-state index in [1.807, 2.05) is 30.3 Å². The number of nitrogens with one attached hydrogen (secondary N) is 1. The number of thioether (sulfide) groups is 1. The number of nitrogens with zero attached hydrogens (tertiary/aromatic N) is 3. The summed E-state index contributed by atoms with van der Waals surface area (Å²) in [5.74, 6) is 0.258. The van der Waals surface area contributed by atoms with E-state index in [2.05, 4.69) is 15.6 Å². The number of hydrogen-bond acceptors (Lipinski definition) is 8. The molecule has 30 heavy (non-hydrogen) atoms. The minimum Gasteiger partial charge on any atom is -0.497 e. The number of hydrogen-bond donors (Lipinski definition) is 1. The zero-order valence-corrected chi connectivity index (χ0v) is 18.2. The summed E-state index contributed by atoms with van der Waals surface area (Å²) in [5, 5.41) is 11.8. The quantitative estimate of drug-likeness (QED) is 0.670. The van der Waals surface area contributed by atoms with Crippen LogP contribution in [0, 0.1) is 0 Å². The predicted octanol–water partition coefficient (Wildman–Crippen LogP) is 2.54. The molecule has 1 N–H and O–H groups in total. The molecule has 1 aliphatic rings. The molecule has 1 unspecified atom stereocenters. The van der Waals surface area contributed by atoms with Crippen LogP contribution in [0.3, 0.4) is 0 Å². The van der Waals surface area contributed by atoms with Crippen LogP contribution < -0.4 is 10.1 Å². The largest absolute Gasteiger partial charge is 0.497 e. The van der Waals surface area contributed by atoms with Gasteiger partial charge in [0, 0.05) is 18.7 Å². The normalized spacial score (nSPS) is 17.7. The molecular formula is C21H26N4O4S. The van der Waals surface area contributed by atoms with Crippen LogP contribution in [0.25, 0.3) is 6.08 Å². The third-order valence-corrected chi connectivity index (χ3v) is 5.84. The van der Waals surface area contributed by atoms with Crippen LogP contribution in [0.4, 0.5) is 0 Å². The number of methoxy groups -OCH3 is 1. The first-order valence-electron chi connectivity index (χ1n) is 9.83. The van der Waals surface area contributed by atoms with Crippen molar-refractivity contribution >= 4 is 28.9 Å². The van der Waals surface area contributed by atoms with E-state index < -0.39 is 5.97 Å². The van der Waals surface area contributed by atoms with Crippen LogP contribution in [-0.2, 0) is 16.1 Å². The summed E-state index contributed by atoms with van der Waals surface area (Å²) in [5.41, 5.74) is 2.78. The van der Waals surface area contributed by atoms with Crippen molar-refractivity contribution < 1.29 is 19.1 Å². The van der Waals surface area contributed by atoms with Crippen molar-refractivity contribution in [1.82, 2.24) is 20.3 Å². The van der Waals surface area contributed by atoms with Gasteiger partial charge in [0.1, 0.15) is 5.75 Å². The van der Waals surface area contributed by atoms with Crippen molar-refractivity contribution in [2.45, 2.75) is 32.1 Å². The van der Waals surface area contributed by atoms with E-state index in [4.69, 9.17) is 9.47 Å². The third kappa shape index (κ3) is 5.48. The molecule has 0 radical (unpaired) electrons. The van der Waals surface area contributed by atoms with Crippen molar-refractivity contribution in [2.75, 3.05) is 26.8 Å². The Labute approximate surface area is 180 Å². The molecule has 0 aliphatic carbocycles. The molecule has 0 saturated carbocycles. The Balaban J connectivity index is 1.97. The van der Waals surface area contributed by atoms with Gasteiger partial charge in [-0.05, 0) is 49.2 Å². The van der Waals surface area contributed by atoms with Crippen molar-refractivity contribution in [3.63, 3.8) is 0 Å². The lowest BCUT2D eigenvalue weighted by Gasteiger charge is -2.25. The Hall–Kier alpha value is -2.65. The van der Waals surface area contributed by atoms with Gasteiger partial charge < -0.3 is 14.8 Å². The second-order valence-electron chi connectivity index (χ2n) is 6.83. The van der Waals surface area contributed by atoms with E-state index in [0.717, 1.165) is 29.9 Å². The number of benzene rings is 1. The fourth-order valence-corrected chi connectivity index (χ4v) is 4.19. The third-order valence-electron chi connectivity index (χ3n) is 4.69. The van der Waals surface area contributed by atoms with Gasteiger partial charge in [0.2, 0.25) is 0 Å². The predicted molar refractivity (Wildman–Crippen MR) is 116 cm³/mol. The van der Waals surface area contributed by atoms with Gasteiger partial charge >= 0.3 is 5.97 Å². The number of ether oxygens (including phenoxy) is 2. The lowest BCUT2D eigenvalue weighted by molar-refractivity contribution is -0.109. The Morgan fingerprint density at radius 3 is 2.77 bits per heavy atom.